The lowest BCUT2D eigenvalue weighted by molar-refractivity contribution is 0.415. The van der Waals surface area contributed by atoms with E-state index in [-0.39, 0.29) is 0 Å². The molecule has 0 bridgehead atoms. The molecule has 3 N–H and O–H groups in total. The number of nitrogens with one attached hydrogen (secondary N) is 1. The van der Waals surface area contributed by atoms with E-state index in [1.54, 1.807) is 25.3 Å². The molecule has 6 heteroatoms. The van der Waals surface area contributed by atoms with Crippen LogP contribution in [-0.2, 0) is 0 Å². The van der Waals surface area contributed by atoms with E-state index in [0.717, 1.165) is 5.56 Å². The molecule has 1 heterocycles. The molecule has 0 radical (unpaired) electrons. The molecule has 0 aliphatic carbocycles. The Labute approximate surface area is 80.1 Å². The van der Waals surface area contributed by atoms with Crippen LogP contribution in [-0.4, -0.2) is 27.7 Å². The van der Waals surface area contributed by atoms with Crippen LogP contribution in [0.25, 0.3) is 11.4 Å². The Bertz CT molecular complexity index is 425. The third-order valence-electron chi connectivity index (χ3n) is 1.86. The lowest BCUT2D eigenvalue weighted by Gasteiger charge is -2.04. The van der Waals surface area contributed by atoms with Crippen molar-refractivity contribution in [2.75, 3.05) is 12.8 Å². The van der Waals surface area contributed by atoms with Crippen LogP contribution in [0.15, 0.2) is 18.2 Å². The van der Waals surface area contributed by atoms with Crippen LogP contribution in [0.2, 0.25) is 0 Å². The SMILES string of the molecule is COc1ccc(-c2nnn[nH]2)c(N)c1. The van der Waals surface area contributed by atoms with Crippen LogP contribution < -0.4 is 10.5 Å². The summed E-state index contributed by atoms with van der Waals surface area (Å²) in [5, 5.41) is 13.4. The Balaban J connectivity index is 2.46. The highest BCUT2D eigenvalue weighted by atomic mass is 16.5. The number of aromatic amines is 1. The maximum absolute atomic E-state index is 5.79. The standard InChI is InChI=1S/C8H9N5O/c1-14-5-2-3-6(7(9)4-5)8-10-12-13-11-8/h2-4H,9H2,1H3,(H,10,11,12,13). The summed E-state index contributed by atoms with van der Waals surface area (Å²) < 4.78 is 5.03. The Hall–Kier alpha value is -2.11. The van der Waals surface area contributed by atoms with Crippen molar-refractivity contribution in [2.45, 2.75) is 0 Å². The van der Waals surface area contributed by atoms with Crippen LogP contribution in [0.5, 0.6) is 5.75 Å². The summed E-state index contributed by atoms with van der Waals surface area (Å²) >= 11 is 0. The van der Waals surface area contributed by atoms with Gasteiger partial charge in [-0.3, -0.25) is 0 Å². The van der Waals surface area contributed by atoms with Gasteiger partial charge < -0.3 is 10.5 Å². The van der Waals surface area contributed by atoms with Gasteiger partial charge in [0.05, 0.1) is 7.11 Å². The van der Waals surface area contributed by atoms with Gasteiger partial charge in [0.25, 0.3) is 0 Å². The summed E-state index contributed by atoms with van der Waals surface area (Å²) in [6.07, 6.45) is 0. The third kappa shape index (κ3) is 1.37. The average molecular weight is 191 g/mol. The first-order valence-corrected chi connectivity index (χ1v) is 3.99. The highest BCUT2D eigenvalue weighted by Gasteiger charge is 2.06. The molecule has 6 nitrogen and oxygen atoms in total. The van der Waals surface area contributed by atoms with Gasteiger partial charge in [-0.1, -0.05) is 0 Å². The zero-order chi connectivity index (χ0) is 9.97. The number of aromatic nitrogens is 4. The summed E-state index contributed by atoms with van der Waals surface area (Å²) in [6, 6.07) is 5.32. The first-order valence-electron chi connectivity index (χ1n) is 3.99. The van der Waals surface area contributed by atoms with Crippen molar-refractivity contribution in [1.82, 2.24) is 20.6 Å². The minimum atomic E-state index is 0.546. The number of nitrogen functional groups attached to an aromatic ring is 1. The highest BCUT2D eigenvalue weighted by Crippen LogP contribution is 2.25. The van der Waals surface area contributed by atoms with E-state index < -0.39 is 0 Å². The number of nitrogens with zero attached hydrogens (tertiary/aromatic N) is 3. The van der Waals surface area contributed by atoms with E-state index in [4.69, 9.17) is 10.5 Å². The van der Waals surface area contributed by atoms with Crippen LogP contribution in [0.3, 0.4) is 0 Å². The van der Waals surface area contributed by atoms with Crippen molar-refractivity contribution in [2.24, 2.45) is 0 Å². The topological polar surface area (TPSA) is 89.7 Å². The lowest BCUT2D eigenvalue weighted by atomic mass is 10.1. The molecular weight excluding hydrogens is 182 g/mol. The second-order valence-electron chi connectivity index (χ2n) is 2.70. The Morgan fingerprint density at radius 1 is 1.43 bits per heavy atom. The Kier molecular flexibility index (Phi) is 2.02. The second-order valence-corrected chi connectivity index (χ2v) is 2.70. The molecule has 72 valence electrons. The van der Waals surface area contributed by atoms with Crippen LogP contribution in [0.4, 0.5) is 5.69 Å². The van der Waals surface area contributed by atoms with Gasteiger partial charge >= 0.3 is 0 Å². The van der Waals surface area contributed by atoms with Gasteiger partial charge in [-0.05, 0) is 22.6 Å². The minimum absolute atomic E-state index is 0.546. The number of ether oxygens (including phenoxy) is 1. The van der Waals surface area contributed by atoms with Gasteiger partial charge in [0.2, 0.25) is 0 Å². The van der Waals surface area contributed by atoms with E-state index in [2.05, 4.69) is 20.6 Å². The molecule has 1 aromatic heterocycles. The summed E-state index contributed by atoms with van der Waals surface area (Å²) in [5.74, 6) is 1.25. The minimum Gasteiger partial charge on any atom is -0.497 e. The van der Waals surface area contributed by atoms with Crippen molar-refractivity contribution in [3.05, 3.63) is 18.2 Å². The first kappa shape index (κ1) is 8.49. The van der Waals surface area contributed by atoms with Crippen molar-refractivity contribution in [3.8, 4) is 17.1 Å². The second kappa shape index (κ2) is 3.33. The van der Waals surface area contributed by atoms with Gasteiger partial charge in [-0.25, -0.2) is 5.10 Å². The smallest absolute Gasteiger partial charge is 0.181 e. The van der Waals surface area contributed by atoms with E-state index in [9.17, 15) is 0 Å². The highest BCUT2D eigenvalue weighted by molar-refractivity contribution is 5.72. The summed E-state index contributed by atoms with van der Waals surface area (Å²) in [6.45, 7) is 0. The largest absolute Gasteiger partial charge is 0.497 e. The fourth-order valence-corrected chi connectivity index (χ4v) is 1.16. The zero-order valence-corrected chi connectivity index (χ0v) is 7.56. The van der Waals surface area contributed by atoms with Crippen molar-refractivity contribution < 1.29 is 4.74 Å². The molecule has 0 saturated heterocycles. The molecule has 0 amide bonds. The Morgan fingerprint density at radius 2 is 2.29 bits per heavy atom. The van der Waals surface area contributed by atoms with Gasteiger partial charge in [0.15, 0.2) is 5.82 Å². The molecule has 0 spiro atoms. The predicted octanol–water partition coefficient (Wildman–Crippen LogP) is 0.458. The van der Waals surface area contributed by atoms with Crippen molar-refractivity contribution in [1.29, 1.82) is 0 Å². The van der Waals surface area contributed by atoms with Crippen LogP contribution in [0, 0.1) is 0 Å². The molecule has 0 unspecified atom stereocenters. The average Bonchev–Trinajstić information content (AvgIpc) is 2.70. The number of H-pyrrole nitrogens is 1. The molecular formula is C8H9N5O. The quantitative estimate of drug-likeness (QED) is 0.673. The summed E-state index contributed by atoms with van der Waals surface area (Å²) in [4.78, 5) is 0. The van der Waals surface area contributed by atoms with Crippen LogP contribution >= 0.6 is 0 Å². The predicted molar refractivity (Wildman–Crippen MR) is 50.6 cm³/mol. The number of anilines is 1. The van der Waals surface area contributed by atoms with Crippen LogP contribution in [0.1, 0.15) is 0 Å². The van der Waals surface area contributed by atoms with Crippen molar-refractivity contribution >= 4 is 5.69 Å². The molecule has 0 aliphatic heterocycles. The number of rotatable bonds is 2. The normalized spacial score (nSPS) is 10.1. The third-order valence-corrected chi connectivity index (χ3v) is 1.86. The molecule has 2 rings (SSSR count). The van der Waals surface area contributed by atoms with Gasteiger partial charge in [0, 0.05) is 17.3 Å². The van der Waals surface area contributed by atoms with Gasteiger partial charge in [0.1, 0.15) is 5.75 Å². The molecule has 0 atom stereocenters. The van der Waals surface area contributed by atoms with E-state index in [1.807, 2.05) is 0 Å². The Morgan fingerprint density at radius 3 is 2.86 bits per heavy atom. The monoisotopic (exact) mass is 191 g/mol. The molecule has 0 aliphatic rings. The molecule has 0 fully saturated rings. The van der Waals surface area contributed by atoms with E-state index in [1.165, 1.54) is 0 Å². The number of tetrazole rings is 1. The summed E-state index contributed by atoms with van der Waals surface area (Å²) in [5.41, 5.74) is 7.12. The maximum atomic E-state index is 5.79. The van der Waals surface area contributed by atoms with Gasteiger partial charge in [-0.2, -0.15) is 0 Å². The fourth-order valence-electron chi connectivity index (χ4n) is 1.16. The molecule has 1 aromatic carbocycles. The fraction of sp³-hybridized carbons (Fsp3) is 0.125. The van der Waals surface area contributed by atoms with E-state index in [0.29, 0.717) is 17.3 Å². The summed E-state index contributed by atoms with van der Waals surface area (Å²) in [7, 11) is 1.59. The van der Waals surface area contributed by atoms with Crippen molar-refractivity contribution in [3.63, 3.8) is 0 Å². The molecule has 2 aromatic rings. The zero-order valence-electron chi connectivity index (χ0n) is 7.56. The number of nitrogens with two attached hydrogens (primary N) is 1. The van der Waals surface area contributed by atoms with Gasteiger partial charge in [-0.15, -0.1) is 5.10 Å². The molecule has 0 saturated carbocycles. The van der Waals surface area contributed by atoms with E-state index >= 15 is 0 Å². The number of hydrogen-bond acceptors (Lipinski definition) is 5. The number of methoxy groups -OCH3 is 1. The maximum Gasteiger partial charge on any atom is 0.181 e. The first-order chi connectivity index (χ1) is 6.81. The molecule has 14 heavy (non-hydrogen) atoms. The number of benzene rings is 1. The lowest BCUT2D eigenvalue weighted by Crippen LogP contribution is -1.93. The number of hydrogen-bond donors (Lipinski definition) is 2.